The lowest BCUT2D eigenvalue weighted by Gasteiger charge is -2.46. The molecule has 0 spiro atoms. The van der Waals surface area contributed by atoms with Crippen LogP contribution < -0.4 is 5.73 Å². The molecular weight excluding hydrogens is 208 g/mol. The molecule has 2 nitrogen and oxygen atoms in total. The third-order valence-electron chi connectivity index (χ3n) is 4.45. The Balaban J connectivity index is 1.80. The standard InChI is InChI=1S/C15H22N2/c1-2-11-9-17(10-11)15-5-3-4-12-8-13(16)6-7-14(12)15/h6-8,11,15H,2-5,9-10,16H2,1H3. The fourth-order valence-corrected chi connectivity index (χ4v) is 3.31. The molecule has 2 aliphatic rings. The molecule has 1 unspecified atom stereocenters. The summed E-state index contributed by atoms with van der Waals surface area (Å²) in [6, 6.07) is 7.17. The van der Waals surface area contributed by atoms with Crippen LogP contribution in [0, 0.1) is 5.92 Å². The van der Waals surface area contributed by atoms with Crippen LogP contribution >= 0.6 is 0 Å². The number of hydrogen-bond acceptors (Lipinski definition) is 2. The van der Waals surface area contributed by atoms with E-state index in [1.165, 1.54) is 44.3 Å². The Morgan fingerprint density at radius 2 is 2.18 bits per heavy atom. The Morgan fingerprint density at radius 3 is 2.94 bits per heavy atom. The molecule has 1 atom stereocenters. The lowest BCUT2D eigenvalue weighted by Crippen LogP contribution is -2.48. The molecule has 0 bridgehead atoms. The highest BCUT2D eigenvalue weighted by Crippen LogP contribution is 2.39. The van der Waals surface area contributed by atoms with Crippen molar-refractivity contribution in [1.29, 1.82) is 0 Å². The van der Waals surface area contributed by atoms with Gasteiger partial charge in [0, 0.05) is 24.8 Å². The first kappa shape index (κ1) is 11.1. The molecule has 0 amide bonds. The van der Waals surface area contributed by atoms with E-state index < -0.39 is 0 Å². The molecule has 0 radical (unpaired) electrons. The van der Waals surface area contributed by atoms with Crippen LogP contribution in [-0.4, -0.2) is 18.0 Å². The highest BCUT2D eigenvalue weighted by atomic mass is 15.2. The number of likely N-dealkylation sites (tertiary alicyclic amines) is 1. The highest BCUT2D eigenvalue weighted by molar-refractivity contribution is 5.46. The zero-order chi connectivity index (χ0) is 11.8. The maximum atomic E-state index is 5.88. The fourth-order valence-electron chi connectivity index (χ4n) is 3.31. The average molecular weight is 230 g/mol. The molecule has 0 aromatic heterocycles. The summed E-state index contributed by atoms with van der Waals surface area (Å²) in [7, 11) is 0. The molecule has 3 rings (SSSR count). The molecule has 92 valence electrons. The number of anilines is 1. The normalized spacial score (nSPS) is 25.4. The summed E-state index contributed by atoms with van der Waals surface area (Å²) < 4.78 is 0. The predicted octanol–water partition coefficient (Wildman–Crippen LogP) is 2.99. The largest absolute Gasteiger partial charge is 0.399 e. The molecule has 2 N–H and O–H groups in total. The van der Waals surface area contributed by atoms with E-state index in [1.807, 2.05) is 0 Å². The van der Waals surface area contributed by atoms with Gasteiger partial charge >= 0.3 is 0 Å². The Hall–Kier alpha value is -1.02. The second kappa shape index (κ2) is 4.34. The molecule has 0 saturated carbocycles. The minimum atomic E-state index is 0.669. The Kier molecular flexibility index (Phi) is 2.83. The lowest BCUT2D eigenvalue weighted by molar-refractivity contribution is 0.0420. The monoisotopic (exact) mass is 230 g/mol. The maximum absolute atomic E-state index is 5.88. The first-order chi connectivity index (χ1) is 8.28. The summed E-state index contributed by atoms with van der Waals surface area (Å²) in [5.74, 6) is 0.939. The van der Waals surface area contributed by atoms with Crippen LogP contribution in [0.2, 0.25) is 0 Å². The molecule has 2 heteroatoms. The number of rotatable bonds is 2. The Bertz CT molecular complexity index is 407. The van der Waals surface area contributed by atoms with E-state index in [0.29, 0.717) is 6.04 Å². The van der Waals surface area contributed by atoms with Crippen LogP contribution in [-0.2, 0) is 6.42 Å². The topological polar surface area (TPSA) is 29.3 Å². The molecule has 17 heavy (non-hydrogen) atoms. The van der Waals surface area contributed by atoms with Crippen LogP contribution in [0.5, 0.6) is 0 Å². The SMILES string of the molecule is CCC1CN(C2CCCc3cc(N)ccc32)C1. The summed E-state index contributed by atoms with van der Waals surface area (Å²) in [6.07, 6.45) is 5.18. The van der Waals surface area contributed by atoms with Crippen molar-refractivity contribution in [3.8, 4) is 0 Å². The second-order valence-electron chi connectivity index (χ2n) is 5.59. The van der Waals surface area contributed by atoms with Crippen LogP contribution in [0.15, 0.2) is 18.2 Å². The summed E-state index contributed by atoms with van der Waals surface area (Å²) in [5.41, 5.74) is 9.82. The third kappa shape index (κ3) is 1.95. The Labute approximate surface area is 104 Å². The van der Waals surface area contributed by atoms with Gasteiger partial charge in [-0.3, -0.25) is 4.90 Å². The van der Waals surface area contributed by atoms with E-state index >= 15 is 0 Å². The van der Waals surface area contributed by atoms with Gasteiger partial charge in [-0.2, -0.15) is 0 Å². The number of aryl methyl sites for hydroxylation is 1. The molecule has 1 aliphatic heterocycles. The van der Waals surface area contributed by atoms with Crippen LogP contribution in [0.1, 0.15) is 43.4 Å². The van der Waals surface area contributed by atoms with Crippen molar-refractivity contribution in [2.24, 2.45) is 5.92 Å². The number of hydrogen-bond donors (Lipinski definition) is 1. The minimum absolute atomic E-state index is 0.669. The van der Waals surface area contributed by atoms with Gasteiger partial charge < -0.3 is 5.73 Å². The van der Waals surface area contributed by atoms with Crippen molar-refractivity contribution in [2.75, 3.05) is 18.8 Å². The van der Waals surface area contributed by atoms with Gasteiger partial charge in [0.2, 0.25) is 0 Å². The van der Waals surface area contributed by atoms with E-state index in [0.717, 1.165) is 11.6 Å². The molecule has 1 aromatic rings. The second-order valence-corrected chi connectivity index (χ2v) is 5.59. The van der Waals surface area contributed by atoms with Gasteiger partial charge in [0.25, 0.3) is 0 Å². The first-order valence-electron chi connectivity index (χ1n) is 6.90. The van der Waals surface area contributed by atoms with Gasteiger partial charge in [0.15, 0.2) is 0 Å². The third-order valence-corrected chi connectivity index (χ3v) is 4.45. The smallest absolute Gasteiger partial charge is 0.0351 e. The van der Waals surface area contributed by atoms with Crippen molar-refractivity contribution in [1.82, 2.24) is 4.90 Å². The van der Waals surface area contributed by atoms with E-state index in [-0.39, 0.29) is 0 Å². The van der Waals surface area contributed by atoms with E-state index in [2.05, 4.69) is 30.0 Å². The minimum Gasteiger partial charge on any atom is -0.399 e. The Morgan fingerprint density at radius 1 is 1.35 bits per heavy atom. The average Bonchev–Trinajstić information content (AvgIpc) is 2.27. The molecule has 1 aliphatic carbocycles. The van der Waals surface area contributed by atoms with Crippen LogP contribution in [0.3, 0.4) is 0 Å². The van der Waals surface area contributed by atoms with Crippen LogP contribution in [0.25, 0.3) is 0 Å². The van der Waals surface area contributed by atoms with Crippen molar-refractivity contribution in [3.05, 3.63) is 29.3 Å². The number of nitrogen functional groups attached to an aromatic ring is 1. The first-order valence-corrected chi connectivity index (χ1v) is 6.90. The molecular formula is C15H22N2. The zero-order valence-electron chi connectivity index (χ0n) is 10.7. The van der Waals surface area contributed by atoms with Crippen molar-refractivity contribution in [2.45, 2.75) is 38.6 Å². The fraction of sp³-hybridized carbons (Fsp3) is 0.600. The van der Waals surface area contributed by atoms with Crippen molar-refractivity contribution >= 4 is 5.69 Å². The number of benzene rings is 1. The highest BCUT2D eigenvalue weighted by Gasteiger charge is 2.33. The maximum Gasteiger partial charge on any atom is 0.0351 e. The zero-order valence-corrected chi connectivity index (χ0v) is 10.7. The molecule has 1 fully saturated rings. The van der Waals surface area contributed by atoms with Gasteiger partial charge in [-0.05, 0) is 48.4 Å². The quantitative estimate of drug-likeness (QED) is 0.791. The number of fused-ring (bicyclic) bond motifs is 1. The van der Waals surface area contributed by atoms with Crippen molar-refractivity contribution in [3.63, 3.8) is 0 Å². The van der Waals surface area contributed by atoms with Gasteiger partial charge in [-0.15, -0.1) is 0 Å². The van der Waals surface area contributed by atoms with E-state index in [1.54, 1.807) is 5.56 Å². The summed E-state index contributed by atoms with van der Waals surface area (Å²) in [4.78, 5) is 2.66. The predicted molar refractivity (Wildman–Crippen MR) is 71.9 cm³/mol. The molecule has 1 aromatic carbocycles. The van der Waals surface area contributed by atoms with E-state index in [4.69, 9.17) is 5.73 Å². The van der Waals surface area contributed by atoms with E-state index in [9.17, 15) is 0 Å². The summed E-state index contributed by atoms with van der Waals surface area (Å²) in [6.45, 7) is 4.90. The summed E-state index contributed by atoms with van der Waals surface area (Å²) >= 11 is 0. The van der Waals surface area contributed by atoms with Crippen molar-refractivity contribution < 1.29 is 0 Å². The number of nitrogens with two attached hydrogens (primary N) is 1. The molecule has 1 saturated heterocycles. The number of nitrogens with zero attached hydrogens (tertiary/aromatic N) is 1. The lowest BCUT2D eigenvalue weighted by atomic mass is 9.83. The van der Waals surface area contributed by atoms with Gasteiger partial charge in [-0.25, -0.2) is 0 Å². The van der Waals surface area contributed by atoms with Gasteiger partial charge in [0.1, 0.15) is 0 Å². The van der Waals surface area contributed by atoms with Crippen LogP contribution in [0.4, 0.5) is 5.69 Å². The van der Waals surface area contributed by atoms with Gasteiger partial charge in [-0.1, -0.05) is 19.4 Å². The summed E-state index contributed by atoms with van der Waals surface area (Å²) in [5, 5.41) is 0. The van der Waals surface area contributed by atoms with Gasteiger partial charge in [0.05, 0.1) is 0 Å². The molecule has 1 heterocycles.